The highest BCUT2D eigenvalue weighted by Crippen LogP contribution is 2.47. The summed E-state index contributed by atoms with van der Waals surface area (Å²) in [5.74, 6) is -0.642. The van der Waals surface area contributed by atoms with E-state index in [0.29, 0.717) is 18.6 Å². The molecule has 0 bridgehead atoms. The summed E-state index contributed by atoms with van der Waals surface area (Å²) in [6.45, 7) is 10.5. The maximum Gasteiger partial charge on any atom is 0.336 e. The smallest absolute Gasteiger partial charge is 0.336 e. The summed E-state index contributed by atoms with van der Waals surface area (Å²) in [6.07, 6.45) is 1.36. The molecule has 0 saturated heterocycles. The molecular formula is C22H29NO4S. The average Bonchev–Trinajstić information content (AvgIpc) is 3.10. The number of thiophene rings is 1. The van der Waals surface area contributed by atoms with Gasteiger partial charge in [-0.15, -0.1) is 11.3 Å². The summed E-state index contributed by atoms with van der Waals surface area (Å²) < 4.78 is 11.0. The molecule has 0 spiro atoms. The Balaban J connectivity index is 1.91. The minimum absolute atomic E-state index is 0.0879. The predicted molar refractivity (Wildman–Crippen MR) is 110 cm³/mol. The number of hydrogen-bond acceptors (Lipinski definition) is 6. The normalized spacial score (nSPS) is 21.6. The van der Waals surface area contributed by atoms with Gasteiger partial charge in [0.1, 0.15) is 6.61 Å². The molecule has 1 N–H and O–H groups in total. The molecule has 0 amide bonds. The number of esters is 1. The van der Waals surface area contributed by atoms with Gasteiger partial charge < -0.3 is 14.8 Å². The first-order valence-corrected chi connectivity index (χ1v) is 10.6. The van der Waals surface area contributed by atoms with Crippen LogP contribution in [0.4, 0.5) is 0 Å². The van der Waals surface area contributed by atoms with E-state index in [9.17, 15) is 9.59 Å². The number of carbonyl (C=O) groups is 2. The lowest BCUT2D eigenvalue weighted by Crippen LogP contribution is -2.38. The zero-order valence-corrected chi connectivity index (χ0v) is 18.1. The Morgan fingerprint density at radius 2 is 2.07 bits per heavy atom. The molecule has 2 heterocycles. The van der Waals surface area contributed by atoms with Crippen molar-refractivity contribution in [3.8, 4) is 0 Å². The third-order valence-corrected chi connectivity index (χ3v) is 5.99. The van der Waals surface area contributed by atoms with Crippen molar-refractivity contribution < 1.29 is 19.1 Å². The molecule has 5 nitrogen and oxygen atoms in total. The zero-order valence-electron chi connectivity index (χ0n) is 17.3. The molecule has 3 rings (SSSR count). The molecule has 6 heteroatoms. The average molecular weight is 404 g/mol. The first-order chi connectivity index (χ1) is 13.2. The maximum atomic E-state index is 13.1. The minimum atomic E-state index is -0.389. The zero-order chi connectivity index (χ0) is 20.5. The minimum Gasteiger partial charge on any atom is -0.460 e. The van der Waals surface area contributed by atoms with E-state index in [4.69, 9.17) is 9.47 Å². The summed E-state index contributed by atoms with van der Waals surface area (Å²) in [7, 11) is 0. The van der Waals surface area contributed by atoms with Crippen LogP contribution in [0.5, 0.6) is 0 Å². The summed E-state index contributed by atoms with van der Waals surface area (Å²) in [5, 5.41) is 5.32. The SMILES string of the molecule is CC1=C(C(=O)OCCOC(C)C)[C@H](c2cccs2)C2=C(CC(C)(C)CC2=O)N1. The van der Waals surface area contributed by atoms with Gasteiger partial charge in [0.2, 0.25) is 0 Å². The topological polar surface area (TPSA) is 64.6 Å². The number of ketones is 1. The first kappa shape index (κ1) is 20.8. The third-order valence-electron chi connectivity index (χ3n) is 5.06. The van der Waals surface area contributed by atoms with Gasteiger partial charge in [0.25, 0.3) is 0 Å². The Morgan fingerprint density at radius 3 is 2.71 bits per heavy atom. The van der Waals surface area contributed by atoms with Gasteiger partial charge in [0.15, 0.2) is 5.78 Å². The van der Waals surface area contributed by atoms with Gasteiger partial charge in [-0.25, -0.2) is 4.79 Å². The number of dihydropyridines is 1. The van der Waals surface area contributed by atoms with Gasteiger partial charge in [-0.1, -0.05) is 19.9 Å². The maximum absolute atomic E-state index is 13.1. The lowest BCUT2D eigenvalue weighted by atomic mass is 9.70. The van der Waals surface area contributed by atoms with E-state index in [2.05, 4.69) is 19.2 Å². The number of nitrogens with one attached hydrogen (secondary N) is 1. The molecule has 0 saturated carbocycles. The molecule has 1 aliphatic heterocycles. The summed E-state index contributed by atoms with van der Waals surface area (Å²) in [6, 6.07) is 3.94. The Morgan fingerprint density at radius 1 is 1.32 bits per heavy atom. The van der Waals surface area contributed by atoms with Crippen molar-refractivity contribution >= 4 is 23.1 Å². The van der Waals surface area contributed by atoms with Crippen molar-refractivity contribution in [3.63, 3.8) is 0 Å². The van der Waals surface area contributed by atoms with Crippen LogP contribution in [0.15, 0.2) is 40.1 Å². The van der Waals surface area contributed by atoms with Gasteiger partial charge in [0, 0.05) is 28.3 Å². The second-order valence-electron chi connectivity index (χ2n) is 8.50. The van der Waals surface area contributed by atoms with Gasteiger partial charge in [-0.3, -0.25) is 4.79 Å². The standard InChI is InChI=1S/C22H29NO4S/c1-13(2)26-8-9-27-21(25)18-14(3)23-15-11-22(4,5)12-16(24)19(15)20(18)17-7-6-10-28-17/h6-7,10,13,20,23H,8-9,11-12H2,1-5H3/t20-/m0/s1. The summed E-state index contributed by atoms with van der Waals surface area (Å²) in [5.41, 5.74) is 2.86. The van der Waals surface area contributed by atoms with E-state index < -0.39 is 0 Å². The van der Waals surface area contributed by atoms with Gasteiger partial charge in [-0.2, -0.15) is 0 Å². The highest BCUT2D eigenvalue weighted by Gasteiger charge is 2.43. The second kappa shape index (κ2) is 8.21. The van der Waals surface area contributed by atoms with Crippen molar-refractivity contribution in [1.82, 2.24) is 5.32 Å². The molecule has 0 fully saturated rings. The fourth-order valence-corrected chi connectivity index (χ4v) is 4.79. The molecule has 1 aromatic rings. The van der Waals surface area contributed by atoms with Gasteiger partial charge >= 0.3 is 5.97 Å². The molecular weight excluding hydrogens is 374 g/mol. The quantitative estimate of drug-likeness (QED) is 0.566. The highest BCUT2D eigenvalue weighted by molar-refractivity contribution is 7.10. The van der Waals surface area contributed by atoms with E-state index in [1.54, 1.807) is 11.3 Å². The number of carbonyl (C=O) groups excluding carboxylic acids is 2. The number of allylic oxidation sites excluding steroid dienone is 3. The van der Waals surface area contributed by atoms with E-state index in [0.717, 1.165) is 28.3 Å². The van der Waals surface area contributed by atoms with E-state index in [1.807, 2.05) is 38.3 Å². The number of hydrogen-bond donors (Lipinski definition) is 1. The Hall–Kier alpha value is -1.92. The van der Waals surface area contributed by atoms with Crippen LogP contribution in [-0.4, -0.2) is 31.1 Å². The van der Waals surface area contributed by atoms with Crippen LogP contribution in [0.3, 0.4) is 0 Å². The predicted octanol–water partition coefficient (Wildman–Crippen LogP) is 4.32. The lowest BCUT2D eigenvalue weighted by molar-refractivity contribution is -0.141. The molecule has 1 aromatic heterocycles. The van der Waals surface area contributed by atoms with Crippen molar-refractivity contribution in [1.29, 1.82) is 0 Å². The monoisotopic (exact) mass is 403 g/mol. The van der Waals surface area contributed by atoms with Crippen LogP contribution in [-0.2, 0) is 19.1 Å². The summed E-state index contributed by atoms with van der Waals surface area (Å²) in [4.78, 5) is 27.0. The van der Waals surface area contributed by atoms with Gasteiger partial charge in [-0.05, 0) is 44.1 Å². The van der Waals surface area contributed by atoms with Crippen LogP contribution < -0.4 is 5.32 Å². The molecule has 152 valence electrons. The van der Waals surface area contributed by atoms with Crippen LogP contribution in [0, 0.1) is 5.41 Å². The van der Waals surface area contributed by atoms with Crippen molar-refractivity contribution in [2.75, 3.05) is 13.2 Å². The van der Waals surface area contributed by atoms with Crippen molar-refractivity contribution in [2.24, 2.45) is 5.41 Å². The first-order valence-electron chi connectivity index (χ1n) is 9.76. The van der Waals surface area contributed by atoms with Crippen LogP contribution in [0.1, 0.15) is 58.3 Å². The number of ether oxygens (including phenoxy) is 2. The number of rotatable bonds is 6. The molecule has 0 aromatic carbocycles. The largest absolute Gasteiger partial charge is 0.460 e. The van der Waals surface area contributed by atoms with Crippen molar-refractivity contribution in [3.05, 3.63) is 44.9 Å². The second-order valence-corrected chi connectivity index (χ2v) is 9.48. The fourth-order valence-electron chi connectivity index (χ4n) is 3.94. The van der Waals surface area contributed by atoms with E-state index in [-0.39, 0.29) is 35.8 Å². The van der Waals surface area contributed by atoms with E-state index >= 15 is 0 Å². The summed E-state index contributed by atoms with van der Waals surface area (Å²) >= 11 is 1.56. The van der Waals surface area contributed by atoms with Crippen LogP contribution in [0.25, 0.3) is 0 Å². The Labute approximate surface area is 170 Å². The van der Waals surface area contributed by atoms with Crippen molar-refractivity contribution in [2.45, 2.75) is 59.5 Å². The van der Waals surface area contributed by atoms with Crippen LogP contribution >= 0.6 is 11.3 Å². The molecule has 0 radical (unpaired) electrons. The number of Topliss-reactive ketones (excluding diaryl/α,β-unsaturated/α-hetero) is 1. The highest BCUT2D eigenvalue weighted by atomic mass is 32.1. The molecule has 0 unspecified atom stereocenters. The molecule has 2 aliphatic rings. The van der Waals surface area contributed by atoms with E-state index in [1.165, 1.54) is 0 Å². The molecule has 1 aliphatic carbocycles. The van der Waals surface area contributed by atoms with Gasteiger partial charge in [0.05, 0.1) is 24.2 Å². The third kappa shape index (κ3) is 4.39. The Kier molecular flexibility index (Phi) is 6.10. The lowest BCUT2D eigenvalue weighted by Gasteiger charge is -2.39. The Bertz CT molecular complexity index is 818. The fraction of sp³-hybridized carbons (Fsp3) is 0.545. The molecule has 1 atom stereocenters. The molecule has 28 heavy (non-hydrogen) atoms. The van der Waals surface area contributed by atoms with Crippen LogP contribution in [0.2, 0.25) is 0 Å².